The molecule has 3 heterocycles. The van der Waals surface area contributed by atoms with Crippen LogP contribution < -0.4 is 15.6 Å². The smallest absolute Gasteiger partial charge is 0.260 e. The van der Waals surface area contributed by atoms with Crippen molar-refractivity contribution in [2.75, 3.05) is 26.2 Å². The molecule has 2 aromatic carbocycles. The Morgan fingerprint density at radius 3 is 2.50 bits per heavy atom. The molecule has 3 aromatic rings. The van der Waals surface area contributed by atoms with Crippen LogP contribution in [0.15, 0.2) is 35.1 Å². The minimum Gasteiger partial charge on any atom is -0.492 e. The molecule has 190 valence electrons. The summed E-state index contributed by atoms with van der Waals surface area (Å²) in [6, 6.07) is 9.99. The molecule has 0 spiro atoms. The topological polar surface area (TPSA) is 74.4 Å². The average Bonchev–Trinajstić information content (AvgIpc) is 3.38. The lowest BCUT2D eigenvalue weighted by Gasteiger charge is -2.24. The van der Waals surface area contributed by atoms with E-state index in [9.17, 15) is 9.59 Å². The van der Waals surface area contributed by atoms with E-state index in [1.165, 1.54) is 12.8 Å². The Kier molecular flexibility index (Phi) is 7.35. The second kappa shape index (κ2) is 10.7. The summed E-state index contributed by atoms with van der Waals surface area (Å²) in [5.74, 6) is 0.442. The van der Waals surface area contributed by atoms with E-state index in [4.69, 9.17) is 16.3 Å². The number of piperidine rings is 1. The SMILES string of the molecule is Cc1cc(C)cc(-c2c(OCCC3CCCCN3)c3cc(C(=O)N4CCCC4)c(Cl)cc3[nH]c2=O)c1. The molecule has 2 aliphatic rings. The Morgan fingerprint density at radius 1 is 1.06 bits per heavy atom. The van der Waals surface area contributed by atoms with E-state index in [-0.39, 0.29) is 11.5 Å². The van der Waals surface area contributed by atoms with Crippen LogP contribution in [0.3, 0.4) is 0 Å². The van der Waals surface area contributed by atoms with E-state index in [1.807, 2.05) is 30.9 Å². The molecule has 36 heavy (non-hydrogen) atoms. The highest BCUT2D eigenvalue weighted by Crippen LogP contribution is 2.37. The predicted molar refractivity (Wildman–Crippen MR) is 145 cm³/mol. The van der Waals surface area contributed by atoms with Gasteiger partial charge in [-0.1, -0.05) is 47.3 Å². The summed E-state index contributed by atoms with van der Waals surface area (Å²) in [4.78, 5) is 31.5. The number of aromatic amines is 1. The van der Waals surface area contributed by atoms with E-state index in [0.29, 0.717) is 45.5 Å². The van der Waals surface area contributed by atoms with E-state index < -0.39 is 0 Å². The van der Waals surface area contributed by atoms with Crippen molar-refractivity contribution in [2.45, 2.75) is 58.4 Å². The van der Waals surface area contributed by atoms with E-state index >= 15 is 0 Å². The number of ether oxygens (including phenoxy) is 1. The van der Waals surface area contributed by atoms with Gasteiger partial charge in [0.25, 0.3) is 11.5 Å². The number of fused-ring (bicyclic) bond motifs is 1. The maximum absolute atomic E-state index is 13.4. The second-order valence-corrected chi connectivity index (χ2v) is 10.6. The zero-order chi connectivity index (χ0) is 25.2. The fraction of sp³-hybridized carbons (Fsp3) is 0.448. The first-order valence-electron chi connectivity index (χ1n) is 13.0. The van der Waals surface area contributed by atoms with Crippen LogP contribution in [0.2, 0.25) is 5.02 Å². The van der Waals surface area contributed by atoms with Gasteiger partial charge in [-0.05, 0) is 70.2 Å². The van der Waals surface area contributed by atoms with Crippen LogP contribution in [0.4, 0.5) is 0 Å². The average molecular weight is 508 g/mol. The third-order valence-corrected chi connectivity index (χ3v) is 7.63. The maximum atomic E-state index is 13.4. The number of carbonyl (C=O) groups is 1. The summed E-state index contributed by atoms with van der Waals surface area (Å²) < 4.78 is 6.44. The number of amides is 1. The van der Waals surface area contributed by atoms with Gasteiger partial charge in [0.05, 0.1) is 28.3 Å². The molecule has 1 atom stereocenters. The zero-order valence-electron chi connectivity index (χ0n) is 21.1. The molecule has 0 aliphatic carbocycles. The Hall–Kier alpha value is -2.83. The summed E-state index contributed by atoms with van der Waals surface area (Å²) in [7, 11) is 0. The predicted octanol–water partition coefficient (Wildman–Crippen LogP) is 5.61. The highest BCUT2D eigenvalue weighted by atomic mass is 35.5. The monoisotopic (exact) mass is 507 g/mol. The first kappa shape index (κ1) is 24.8. The number of likely N-dealkylation sites (tertiary alicyclic amines) is 1. The van der Waals surface area contributed by atoms with Gasteiger partial charge in [-0.25, -0.2) is 0 Å². The number of rotatable bonds is 6. The largest absolute Gasteiger partial charge is 0.492 e. The molecule has 7 heteroatoms. The van der Waals surface area contributed by atoms with Crippen LogP contribution in [0, 0.1) is 13.8 Å². The molecule has 5 rings (SSSR count). The normalized spacial score (nSPS) is 18.1. The lowest BCUT2D eigenvalue weighted by molar-refractivity contribution is 0.0793. The number of nitrogens with zero attached hydrogens (tertiary/aromatic N) is 1. The van der Waals surface area contributed by atoms with Crippen LogP contribution in [-0.4, -0.2) is 48.1 Å². The number of benzene rings is 2. The first-order valence-corrected chi connectivity index (χ1v) is 13.4. The Balaban J connectivity index is 1.61. The number of carbonyl (C=O) groups excluding carboxylic acids is 1. The minimum absolute atomic E-state index is 0.0732. The van der Waals surface area contributed by atoms with E-state index in [2.05, 4.69) is 16.4 Å². The van der Waals surface area contributed by atoms with Crippen molar-refractivity contribution >= 4 is 28.4 Å². The molecule has 0 saturated carbocycles. The molecular formula is C29H34ClN3O3. The fourth-order valence-electron chi connectivity index (χ4n) is 5.55. The number of aryl methyl sites for hydroxylation is 2. The summed E-state index contributed by atoms with van der Waals surface area (Å²) in [5.41, 5.74) is 4.24. The number of halogens is 1. The minimum atomic E-state index is -0.229. The molecule has 6 nitrogen and oxygen atoms in total. The standard InChI is InChI=1S/C29H34ClN3O3/c1-18-13-19(2)15-20(14-18)26-27(36-12-8-21-7-3-4-9-31-21)23-16-22(29(35)33-10-5-6-11-33)24(30)17-25(23)32-28(26)34/h13-17,21,31H,3-12H2,1-2H3,(H,32,34). The zero-order valence-corrected chi connectivity index (χ0v) is 21.8. The third-order valence-electron chi connectivity index (χ3n) is 7.31. The van der Waals surface area contributed by atoms with Gasteiger partial charge in [0, 0.05) is 24.5 Å². The molecule has 1 aromatic heterocycles. The number of H-pyrrole nitrogens is 1. The van der Waals surface area contributed by atoms with Crippen LogP contribution >= 0.6 is 11.6 Å². The van der Waals surface area contributed by atoms with Crippen LogP contribution in [0.25, 0.3) is 22.0 Å². The second-order valence-electron chi connectivity index (χ2n) is 10.2. The van der Waals surface area contributed by atoms with Crippen molar-refractivity contribution in [3.63, 3.8) is 0 Å². The van der Waals surface area contributed by atoms with E-state index in [0.717, 1.165) is 62.0 Å². The Morgan fingerprint density at radius 2 is 1.81 bits per heavy atom. The molecule has 1 amide bonds. The number of nitrogens with one attached hydrogen (secondary N) is 2. The van der Waals surface area contributed by atoms with Gasteiger partial charge in [-0.2, -0.15) is 0 Å². The molecule has 2 fully saturated rings. The number of hydrogen-bond acceptors (Lipinski definition) is 4. The van der Waals surface area contributed by atoms with Gasteiger partial charge >= 0.3 is 0 Å². The van der Waals surface area contributed by atoms with Crippen molar-refractivity contribution in [3.8, 4) is 16.9 Å². The molecule has 1 unspecified atom stereocenters. The molecular weight excluding hydrogens is 474 g/mol. The summed E-state index contributed by atoms with van der Waals surface area (Å²) >= 11 is 6.57. The number of pyridine rings is 1. The summed E-state index contributed by atoms with van der Waals surface area (Å²) in [6.07, 6.45) is 6.43. The number of hydrogen-bond donors (Lipinski definition) is 2. The van der Waals surface area contributed by atoms with Crippen LogP contribution in [0.5, 0.6) is 5.75 Å². The van der Waals surface area contributed by atoms with Gasteiger partial charge in [0.15, 0.2) is 0 Å². The third kappa shape index (κ3) is 5.16. The summed E-state index contributed by atoms with van der Waals surface area (Å²) in [6.45, 7) is 7.04. The molecule has 2 saturated heterocycles. The van der Waals surface area contributed by atoms with Crippen LogP contribution in [0.1, 0.15) is 60.0 Å². The first-order chi connectivity index (χ1) is 17.4. The lowest BCUT2D eigenvalue weighted by atomic mass is 9.98. The Bertz CT molecular complexity index is 1320. The number of aromatic nitrogens is 1. The lowest BCUT2D eigenvalue weighted by Crippen LogP contribution is -2.35. The Labute approximate surface area is 217 Å². The van der Waals surface area contributed by atoms with Gasteiger partial charge in [0.2, 0.25) is 0 Å². The van der Waals surface area contributed by atoms with Crippen molar-refractivity contribution in [1.82, 2.24) is 15.2 Å². The molecule has 2 aliphatic heterocycles. The van der Waals surface area contributed by atoms with Crippen molar-refractivity contribution in [2.24, 2.45) is 0 Å². The van der Waals surface area contributed by atoms with Gasteiger partial charge in [-0.15, -0.1) is 0 Å². The van der Waals surface area contributed by atoms with Crippen LogP contribution in [-0.2, 0) is 0 Å². The van der Waals surface area contributed by atoms with Crippen molar-refractivity contribution in [3.05, 3.63) is 62.4 Å². The van der Waals surface area contributed by atoms with Gasteiger partial charge in [0.1, 0.15) is 5.75 Å². The molecule has 0 bridgehead atoms. The highest BCUT2D eigenvalue weighted by molar-refractivity contribution is 6.34. The van der Waals surface area contributed by atoms with E-state index in [1.54, 1.807) is 12.1 Å². The van der Waals surface area contributed by atoms with Crippen molar-refractivity contribution < 1.29 is 9.53 Å². The van der Waals surface area contributed by atoms with Gasteiger partial charge < -0.3 is 19.9 Å². The van der Waals surface area contributed by atoms with Crippen molar-refractivity contribution in [1.29, 1.82) is 0 Å². The highest BCUT2D eigenvalue weighted by Gasteiger charge is 2.25. The maximum Gasteiger partial charge on any atom is 0.260 e. The molecule has 0 radical (unpaired) electrons. The molecule has 2 N–H and O–H groups in total. The summed E-state index contributed by atoms with van der Waals surface area (Å²) in [5, 5.41) is 4.60. The van der Waals surface area contributed by atoms with Gasteiger partial charge in [-0.3, -0.25) is 9.59 Å². The quantitative estimate of drug-likeness (QED) is 0.454. The fourth-order valence-corrected chi connectivity index (χ4v) is 5.79.